The van der Waals surface area contributed by atoms with Gasteiger partial charge >= 0.3 is 0 Å². The Hall–Kier alpha value is -1.87. The number of hydrogen-bond donors (Lipinski definition) is 1. The zero-order valence-electron chi connectivity index (χ0n) is 11.2. The Bertz CT molecular complexity index is 668. The summed E-state index contributed by atoms with van der Waals surface area (Å²) in [5, 5.41) is 0. The Kier molecular flexibility index (Phi) is 2.57. The molecule has 2 aromatic rings. The van der Waals surface area contributed by atoms with Crippen LogP contribution in [-0.4, -0.2) is 6.54 Å². The van der Waals surface area contributed by atoms with Gasteiger partial charge in [-0.15, -0.1) is 0 Å². The summed E-state index contributed by atoms with van der Waals surface area (Å²) in [7, 11) is 0. The van der Waals surface area contributed by atoms with E-state index in [0.29, 0.717) is 11.6 Å². The summed E-state index contributed by atoms with van der Waals surface area (Å²) in [5.74, 6) is 0.380. The smallest absolute Gasteiger partial charge is 0.146 e. The quantitative estimate of drug-likeness (QED) is 0.851. The first kappa shape index (κ1) is 11.9. The molecular weight excluding hydrogens is 251 g/mol. The molecule has 0 bridgehead atoms. The van der Waals surface area contributed by atoms with Gasteiger partial charge < -0.3 is 10.6 Å². The molecule has 20 heavy (non-hydrogen) atoms. The van der Waals surface area contributed by atoms with Crippen LogP contribution in [0.2, 0.25) is 0 Å². The van der Waals surface area contributed by atoms with Crippen LogP contribution < -0.4 is 10.6 Å². The second kappa shape index (κ2) is 4.32. The van der Waals surface area contributed by atoms with Gasteiger partial charge in [-0.2, -0.15) is 0 Å². The number of rotatable bonds is 1. The lowest BCUT2D eigenvalue weighted by molar-refractivity contribution is 0.552. The summed E-state index contributed by atoms with van der Waals surface area (Å²) >= 11 is 0. The third kappa shape index (κ3) is 1.59. The lowest BCUT2D eigenvalue weighted by Gasteiger charge is -2.34. The van der Waals surface area contributed by atoms with Gasteiger partial charge in [0.2, 0.25) is 0 Å². The molecule has 1 heterocycles. The Morgan fingerprint density at radius 1 is 1.05 bits per heavy atom. The second-order valence-electron chi connectivity index (χ2n) is 5.71. The van der Waals surface area contributed by atoms with Crippen molar-refractivity contribution in [3.63, 3.8) is 0 Å². The minimum absolute atomic E-state index is 0.135. The highest BCUT2D eigenvalue weighted by Crippen LogP contribution is 2.50. The van der Waals surface area contributed by atoms with Crippen molar-refractivity contribution >= 4 is 11.4 Å². The molecule has 2 nitrogen and oxygen atoms in total. The average Bonchev–Trinajstić information content (AvgIpc) is 2.79. The topological polar surface area (TPSA) is 29.3 Å². The third-order valence-electron chi connectivity index (χ3n) is 4.60. The molecule has 0 amide bonds. The number of halogens is 1. The van der Waals surface area contributed by atoms with Crippen molar-refractivity contribution in [1.29, 1.82) is 0 Å². The summed E-state index contributed by atoms with van der Waals surface area (Å²) in [6, 6.07) is 13.4. The van der Waals surface area contributed by atoms with Crippen molar-refractivity contribution < 1.29 is 4.39 Å². The van der Waals surface area contributed by atoms with Crippen LogP contribution in [0.1, 0.15) is 35.9 Å². The van der Waals surface area contributed by atoms with E-state index < -0.39 is 0 Å². The van der Waals surface area contributed by atoms with Crippen LogP contribution in [0.15, 0.2) is 42.5 Å². The fraction of sp³-hybridized carbons (Fsp3) is 0.294. The zero-order valence-corrected chi connectivity index (χ0v) is 11.2. The number of benzene rings is 2. The molecule has 2 aliphatic rings. The normalized spacial score (nSPS) is 23.8. The summed E-state index contributed by atoms with van der Waals surface area (Å²) in [5.41, 5.74) is 10.6. The van der Waals surface area contributed by atoms with Gasteiger partial charge in [0.05, 0.1) is 5.69 Å². The lowest BCUT2D eigenvalue weighted by atomic mass is 9.91. The molecule has 0 fully saturated rings. The standard InChI is InChI=1S/C17H17FN2/c18-13-5-1-2-6-15(13)20-9-8-11-10-14(19)12-4-3-7-16(20)17(11)12/h1-7,11,14H,8-10,19H2. The van der Waals surface area contributed by atoms with Gasteiger partial charge in [-0.25, -0.2) is 4.39 Å². The fourth-order valence-electron chi connectivity index (χ4n) is 3.71. The van der Waals surface area contributed by atoms with Crippen LogP contribution in [0.3, 0.4) is 0 Å². The van der Waals surface area contributed by atoms with Crippen LogP contribution in [0.4, 0.5) is 15.8 Å². The molecule has 0 aromatic heterocycles. The van der Waals surface area contributed by atoms with E-state index in [1.807, 2.05) is 18.2 Å². The summed E-state index contributed by atoms with van der Waals surface area (Å²) < 4.78 is 14.1. The molecule has 1 aliphatic carbocycles. The highest BCUT2D eigenvalue weighted by molar-refractivity contribution is 5.71. The van der Waals surface area contributed by atoms with Crippen molar-refractivity contribution in [1.82, 2.24) is 0 Å². The van der Waals surface area contributed by atoms with Crippen molar-refractivity contribution in [3.8, 4) is 0 Å². The first-order chi connectivity index (χ1) is 9.75. The maximum atomic E-state index is 14.1. The SMILES string of the molecule is NC1CC2CCN(c3ccccc3F)c3cccc1c32. The van der Waals surface area contributed by atoms with Crippen molar-refractivity contribution in [2.45, 2.75) is 24.8 Å². The number of para-hydroxylation sites is 1. The highest BCUT2D eigenvalue weighted by Gasteiger charge is 2.36. The van der Waals surface area contributed by atoms with Gasteiger partial charge in [0, 0.05) is 18.3 Å². The van der Waals surface area contributed by atoms with Gasteiger partial charge in [0.25, 0.3) is 0 Å². The van der Waals surface area contributed by atoms with Crippen LogP contribution in [0, 0.1) is 5.82 Å². The zero-order chi connectivity index (χ0) is 13.7. The largest absolute Gasteiger partial charge is 0.339 e. The molecule has 0 spiro atoms. The lowest BCUT2D eigenvalue weighted by Crippen LogP contribution is -2.26. The first-order valence-corrected chi connectivity index (χ1v) is 7.16. The van der Waals surface area contributed by atoms with Gasteiger partial charge in [0.1, 0.15) is 5.82 Å². The summed E-state index contributed by atoms with van der Waals surface area (Å²) in [4.78, 5) is 2.10. The highest BCUT2D eigenvalue weighted by atomic mass is 19.1. The monoisotopic (exact) mass is 268 g/mol. The Balaban J connectivity index is 1.88. The molecule has 2 unspecified atom stereocenters. The van der Waals surface area contributed by atoms with Gasteiger partial charge in [-0.3, -0.25) is 0 Å². The van der Waals surface area contributed by atoms with Gasteiger partial charge in [-0.1, -0.05) is 24.3 Å². The van der Waals surface area contributed by atoms with E-state index in [-0.39, 0.29) is 11.9 Å². The third-order valence-corrected chi connectivity index (χ3v) is 4.60. The molecule has 2 atom stereocenters. The molecule has 4 rings (SSSR count). The maximum Gasteiger partial charge on any atom is 0.146 e. The van der Waals surface area contributed by atoms with E-state index >= 15 is 0 Å². The summed E-state index contributed by atoms with van der Waals surface area (Å²) in [6.07, 6.45) is 2.07. The van der Waals surface area contributed by atoms with E-state index in [1.54, 1.807) is 6.07 Å². The molecule has 3 heteroatoms. The molecule has 102 valence electrons. The number of anilines is 2. The first-order valence-electron chi connectivity index (χ1n) is 7.16. The number of nitrogens with zero attached hydrogens (tertiary/aromatic N) is 1. The van der Waals surface area contributed by atoms with Crippen LogP contribution in [0.25, 0.3) is 0 Å². The molecular formula is C17H17FN2. The van der Waals surface area contributed by atoms with E-state index in [1.165, 1.54) is 17.2 Å². The van der Waals surface area contributed by atoms with E-state index in [0.717, 1.165) is 25.1 Å². The Morgan fingerprint density at radius 3 is 2.70 bits per heavy atom. The van der Waals surface area contributed by atoms with E-state index in [4.69, 9.17) is 5.73 Å². The average molecular weight is 268 g/mol. The second-order valence-corrected chi connectivity index (χ2v) is 5.71. The van der Waals surface area contributed by atoms with Crippen molar-refractivity contribution in [2.75, 3.05) is 11.4 Å². The fourth-order valence-corrected chi connectivity index (χ4v) is 3.71. The Morgan fingerprint density at radius 2 is 1.85 bits per heavy atom. The molecule has 0 saturated carbocycles. The summed E-state index contributed by atoms with van der Waals surface area (Å²) in [6.45, 7) is 0.856. The number of nitrogens with two attached hydrogens (primary N) is 1. The van der Waals surface area contributed by atoms with Crippen LogP contribution in [-0.2, 0) is 0 Å². The molecule has 2 N–H and O–H groups in total. The molecule has 1 aliphatic heterocycles. The van der Waals surface area contributed by atoms with E-state index in [2.05, 4.69) is 17.0 Å². The molecule has 0 saturated heterocycles. The van der Waals surface area contributed by atoms with Crippen LogP contribution in [0.5, 0.6) is 0 Å². The minimum Gasteiger partial charge on any atom is -0.339 e. The van der Waals surface area contributed by atoms with Crippen molar-refractivity contribution in [2.24, 2.45) is 5.73 Å². The molecule has 2 aromatic carbocycles. The minimum atomic E-state index is -0.161. The van der Waals surface area contributed by atoms with Gasteiger partial charge in [-0.05, 0) is 48.1 Å². The Labute approximate surface area is 118 Å². The van der Waals surface area contributed by atoms with Crippen LogP contribution >= 0.6 is 0 Å². The maximum absolute atomic E-state index is 14.1. The van der Waals surface area contributed by atoms with Crippen molar-refractivity contribution in [3.05, 3.63) is 59.4 Å². The predicted molar refractivity (Wildman–Crippen MR) is 78.8 cm³/mol. The number of hydrogen-bond acceptors (Lipinski definition) is 2. The molecule has 0 radical (unpaired) electrons. The van der Waals surface area contributed by atoms with E-state index in [9.17, 15) is 4.39 Å². The predicted octanol–water partition coefficient (Wildman–Crippen LogP) is 3.85. The van der Waals surface area contributed by atoms with Gasteiger partial charge in [0.15, 0.2) is 0 Å².